The Morgan fingerprint density at radius 2 is 2.35 bits per heavy atom. The molecule has 0 amide bonds. The van der Waals surface area contributed by atoms with E-state index in [0.29, 0.717) is 12.5 Å². The molecule has 2 aliphatic carbocycles. The Balaban J connectivity index is 1.31. The molecule has 5 heteroatoms. The number of aromatic nitrogens is 1. The van der Waals surface area contributed by atoms with Gasteiger partial charge in [-0.1, -0.05) is 6.42 Å². The lowest BCUT2D eigenvalue weighted by Crippen LogP contribution is -2.55. The molecule has 3 fully saturated rings. The standard InChI is InChI=1S/C18H28N2O2S/c1-14-19-17(12-23-14)11-21-10-16-3-2-6-18(16)13-20(7-8-22-18)9-15-4-5-15/h12,15-16H,2-11,13H2,1H3/t16-,18+/m0/s1. The molecular formula is C18H28N2O2S. The van der Waals surface area contributed by atoms with Crippen molar-refractivity contribution in [1.29, 1.82) is 0 Å². The van der Waals surface area contributed by atoms with E-state index in [4.69, 9.17) is 9.47 Å². The first kappa shape index (κ1) is 16.0. The Hall–Kier alpha value is -0.490. The zero-order valence-corrected chi connectivity index (χ0v) is 14.9. The first-order valence-electron chi connectivity index (χ1n) is 9.09. The predicted molar refractivity (Wildman–Crippen MR) is 91.7 cm³/mol. The molecule has 1 aliphatic heterocycles. The van der Waals surface area contributed by atoms with Crippen LogP contribution in [0.5, 0.6) is 0 Å². The summed E-state index contributed by atoms with van der Waals surface area (Å²) in [6, 6.07) is 0. The molecule has 3 aliphatic rings. The highest BCUT2D eigenvalue weighted by Crippen LogP contribution is 2.42. The summed E-state index contributed by atoms with van der Waals surface area (Å²) in [5.41, 5.74) is 1.13. The van der Waals surface area contributed by atoms with E-state index >= 15 is 0 Å². The third kappa shape index (κ3) is 3.78. The minimum Gasteiger partial charge on any atom is -0.375 e. The molecule has 1 aromatic heterocycles. The normalized spacial score (nSPS) is 32.0. The van der Waals surface area contributed by atoms with E-state index in [1.165, 1.54) is 38.6 Å². The fourth-order valence-electron chi connectivity index (χ4n) is 4.23. The van der Waals surface area contributed by atoms with Crippen molar-refractivity contribution >= 4 is 11.3 Å². The summed E-state index contributed by atoms with van der Waals surface area (Å²) in [6.45, 7) is 7.92. The summed E-state index contributed by atoms with van der Waals surface area (Å²) in [5, 5.41) is 3.22. The number of morpholine rings is 1. The molecule has 0 aromatic carbocycles. The van der Waals surface area contributed by atoms with E-state index in [0.717, 1.165) is 42.9 Å². The summed E-state index contributed by atoms with van der Waals surface area (Å²) < 4.78 is 12.4. The quantitative estimate of drug-likeness (QED) is 0.799. The monoisotopic (exact) mass is 336 g/mol. The molecule has 2 saturated carbocycles. The lowest BCUT2D eigenvalue weighted by atomic mass is 9.89. The Labute approximate surface area is 143 Å². The maximum atomic E-state index is 6.34. The van der Waals surface area contributed by atoms with Crippen LogP contribution in [0.3, 0.4) is 0 Å². The molecule has 2 atom stereocenters. The summed E-state index contributed by atoms with van der Waals surface area (Å²) in [6.07, 6.45) is 6.60. The van der Waals surface area contributed by atoms with Crippen LogP contribution in [-0.4, -0.2) is 48.3 Å². The van der Waals surface area contributed by atoms with Gasteiger partial charge in [0.05, 0.1) is 36.1 Å². The molecule has 0 bridgehead atoms. The second-order valence-corrected chi connectivity index (χ2v) is 8.62. The number of hydrogen-bond acceptors (Lipinski definition) is 5. The molecule has 1 spiro atoms. The van der Waals surface area contributed by atoms with Crippen molar-refractivity contribution in [2.75, 3.05) is 32.8 Å². The summed E-state index contributed by atoms with van der Waals surface area (Å²) in [5.74, 6) is 1.51. The Morgan fingerprint density at radius 1 is 1.43 bits per heavy atom. The molecule has 0 unspecified atom stereocenters. The molecule has 4 nitrogen and oxygen atoms in total. The van der Waals surface area contributed by atoms with Crippen LogP contribution in [0.25, 0.3) is 0 Å². The Morgan fingerprint density at radius 3 is 3.13 bits per heavy atom. The van der Waals surface area contributed by atoms with Crippen LogP contribution in [0, 0.1) is 18.8 Å². The number of thiazole rings is 1. The van der Waals surface area contributed by atoms with E-state index in [9.17, 15) is 0 Å². The van der Waals surface area contributed by atoms with Gasteiger partial charge in [0.2, 0.25) is 0 Å². The van der Waals surface area contributed by atoms with E-state index in [1.807, 2.05) is 6.92 Å². The zero-order chi connectivity index (χ0) is 15.7. The van der Waals surface area contributed by atoms with E-state index in [2.05, 4.69) is 15.3 Å². The van der Waals surface area contributed by atoms with Crippen molar-refractivity contribution in [2.45, 2.75) is 51.2 Å². The summed E-state index contributed by atoms with van der Waals surface area (Å²) in [4.78, 5) is 7.14. The smallest absolute Gasteiger partial charge is 0.0898 e. The molecule has 1 aromatic rings. The number of aryl methyl sites for hydroxylation is 1. The van der Waals surface area contributed by atoms with E-state index in [1.54, 1.807) is 11.3 Å². The highest BCUT2D eigenvalue weighted by atomic mass is 32.1. The average molecular weight is 337 g/mol. The van der Waals surface area contributed by atoms with Gasteiger partial charge in [0.1, 0.15) is 0 Å². The lowest BCUT2D eigenvalue weighted by Gasteiger charge is -2.44. The summed E-state index contributed by atoms with van der Waals surface area (Å²) >= 11 is 1.70. The van der Waals surface area contributed by atoms with E-state index < -0.39 is 0 Å². The van der Waals surface area contributed by atoms with Crippen molar-refractivity contribution < 1.29 is 9.47 Å². The minimum atomic E-state index is 0.0606. The molecule has 0 N–H and O–H groups in total. The molecule has 1 saturated heterocycles. The van der Waals surface area contributed by atoms with Crippen LogP contribution < -0.4 is 0 Å². The van der Waals surface area contributed by atoms with Gasteiger partial charge in [0, 0.05) is 30.9 Å². The first-order chi connectivity index (χ1) is 11.2. The Kier molecular flexibility index (Phi) is 4.72. The third-order valence-electron chi connectivity index (χ3n) is 5.63. The molecule has 128 valence electrons. The SMILES string of the molecule is Cc1nc(COC[C@@H]2CCC[C@@]23CN(CC2CC2)CCO3)cs1. The van der Waals surface area contributed by atoms with Gasteiger partial charge in [0.25, 0.3) is 0 Å². The predicted octanol–water partition coefficient (Wildman–Crippen LogP) is 3.25. The van der Waals surface area contributed by atoms with Gasteiger partial charge >= 0.3 is 0 Å². The fraction of sp³-hybridized carbons (Fsp3) is 0.833. The van der Waals surface area contributed by atoms with Crippen LogP contribution in [0.4, 0.5) is 0 Å². The van der Waals surface area contributed by atoms with Crippen LogP contribution >= 0.6 is 11.3 Å². The molecule has 4 rings (SSSR count). The second kappa shape index (κ2) is 6.79. The minimum absolute atomic E-state index is 0.0606. The molecule has 23 heavy (non-hydrogen) atoms. The van der Waals surface area contributed by atoms with Gasteiger partial charge in [-0.25, -0.2) is 4.98 Å². The number of hydrogen-bond donors (Lipinski definition) is 0. The van der Waals surface area contributed by atoms with Crippen LogP contribution in [0.2, 0.25) is 0 Å². The maximum absolute atomic E-state index is 6.34. The van der Waals surface area contributed by atoms with Crippen LogP contribution in [-0.2, 0) is 16.1 Å². The van der Waals surface area contributed by atoms with Crippen molar-refractivity contribution in [3.8, 4) is 0 Å². The number of ether oxygens (including phenoxy) is 2. The largest absolute Gasteiger partial charge is 0.375 e. The van der Waals surface area contributed by atoms with Crippen molar-refractivity contribution in [1.82, 2.24) is 9.88 Å². The number of nitrogens with zero attached hydrogens (tertiary/aromatic N) is 2. The third-order valence-corrected chi connectivity index (χ3v) is 6.46. The fourth-order valence-corrected chi connectivity index (χ4v) is 4.83. The van der Waals surface area contributed by atoms with Gasteiger partial charge in [0.15, 0.2) is 0 Å². The maximum Gasteiger partial charge on any atom is 0.0898 e. The molecular weight excluding hydrogens is 308 g/mol. The van der Waals surface area contributed by atoms with Crippen molar-refractivity contribution in [3.05, 3.63) is 16.1 Å². The highest BCUT2D eigenvalue weighted by Gasteiger charge is 2.47. The van der Waals surface area contributed by atoms with E-state index in [-0.39, 0.29) is 5.60 Å². The van der Waals surface area contributed by atoms with Gasteiger partial charge in [-0.2, -0.15) is 0 Å². The van der Waals surface area contributed by atoms with Crippen LogP contribution in [0.15, 0.2) is 5.38 Å². The topological polar surface area (TPSA) is 34.6 Å². The average Bonchev–Trinajstić information content (AvgIpc) is 3.13. The van der Waals surface area contributed by atoms with Gasteiger partial charge in [-0.3, -0.25) is 4.90 Å². The Bertz CT molecular complexity index is 531. The zero-order valence-electron chi connectivity index (χ0n) is 14.1. The van der Waals surface area contributed by atoms with Crippen molar-refractivity contribution in [3.63, 3.8) is 0 Å². The molecule has 0 radical (unpaired) electrons. The number of rotatable bonds is 6. The first-order valence-corrected chi connectivity index (χ1v) is 9.96. The van der Waals surface area contributed by atoms with Gasteiger partial charge in [-0.15, -0.1) is 11.3 Å². The van der Waals surface area contributed by atoms with Crippen molar-refractivity contribution in [2.24, 2.45) is 11.8 Å². The summed E-state index contributed by atoms with van der Waals surface area (Å²) in [7, 11) is 0. The second-order valence-electron chi connectivity index (χ2n) is 7.55. The highest BCUT2D eigenvalue weighted by molar-refractivity contribution is 7.09. The van der Waals surface area contributed by atoms with Gasteiger partial charge < -0.3 is 9.47 Å². The van der Waals surface area contributed by atoms with Gasteiger partial charge in [-0.05, 0) is 38.5 Å². The lowest BCUT2D eigenvalue weighted by molar-refractivity contribution is -0.143. The van der Waals surface area contributed by atoms with Crippen LogP contribution in [0.1, 0.15) is 42.8 Å². The molecule has 2 heterocycles.